The lowest BCUT2D eigenvalue weighted by Crippen LogP contribution is -2.08. The Morgan fingerprint density at radius 3 is 2.33 bits per heavy atom. The van der Waals surface area contributed by atoms with Gasteiger partial charge in [-0.2, -0.15) is 0 Å². The molecule has 0 aromatic rings. The van der Waals surface area contributed by atoms with E-state index < -0.39 is 5.97 Å². The maximum atomic E-state index is 10.2. The summed E-state index contributed by atoms with van der Waals surface area (Å²) >= 11 is 3.30. The zero-order valence-electron chi connectivity index (χ0n) is 5.06. The molecule has 9 heavy (non-hydrogen) atoms. The van der Waals surface area contributed by atoms with Crippen molar-refractivity contribution in [2.75, 3.05) is 5.33 Å². The summed E-state index contributed by atoms with van der Waals surface area (Å²) in [5, 5.41) is 9.24. The van der Waals surface area contributed by atoms with Crippen LogP contribution >= 0.6 is 15.9 Å². The Morgan fingerprint density at radius 1 is 1.67 bits per heavy atom. The second-order valence-corrected chi connectivity index (χ2v) is 3.26. The average molecular weight is 193 g/mol. The summed E-state index contributed by atoms with van der Waals surface area (Å²) in [7, 11) is 0. The molecule has 0 atom stereocenters. The molecule has 1 aliphatic carbocycles. The van der Waals surface area contributed by atoms with E-state index in [-0.39, 0.29) is 5.41 Å². The van der Waals surface area contributed by atoms with Gasteiger partial charge in [-0.25, -0.2) is 0 Å². The van der Waals surface area contributed by atoms with Gasteiger partial charge in [0.1, 0.15) is 0 Å². The Kier molecular flexibility index (Phi) is 1.80. The van der Waals surface area contributed by atoms with E-state index in [9.17, 15) is 4.79 Å². The van der Waals surface area contributed by atoms with Gasteiger partial charge in [-0.1, -0.05) is 15.9 Å². The van der Waals surface area contributed by atoms with Gasteiger partial charge in [0.15, 0.2) is 0 Å². The van der Waals surface area contributed by atoms with Crippen LogP contribution in [0.15, 0.2) is 0 Å². The first kappa shape index (κ1) is 7.06. The lowest BCUT2D eigenvalue weighted by Gasteiger charge is -2.04. The standard InChI is InChI=1S/C6H9BrO2/c7-4-6(1-2-6)3-5(8)9/h1-4H2,(H,8,9). The largest absolute Gasteiger partial charge is 0.481 e. The molecule has 1 N–H and O–H groups in total. The summed E-state index contributed by atoms with van der Waals surface area (Å²) in [6, 6.07) is 0. The summed E-state index contributed by atoms with van der Waals surface area (Å²) in [4.78, 5) is 10.2. The van der Waals surface area contributed by atoms with Crippen molar-refractivity contribution in [2.45, 2.75) is 19.3 Å². The van der Waals surface area contributed by atoms with Crippen LogP contribution in [-0.2, 0) is 4.79 Å². The summed E-state index contributed by atoms with van der Waals surface area (Å²) < 4.78 is 0. The molecule has 0 amide bonds. The van der Waals surface area contributed by atoms with Crippen LogP contribution < -0.4 is 0 Å². The minimum atomic E-state index is -0.674. The van der Waals surface area contributed by atoms with Crippen molar-refractivity contribution in [3.05, 3.63) is 0 Å². The van der Waals surface area contributed by atoms with Gasteiger partial charge < -0.3 is 5.11 Å². The van der Waals surface area contributed by atoms with Gasteiger partial charge >= 0.3 is 5.97 Å². The number of carboxylic acids is 1. The number of alkyl halides is 1. The predicted octanol–water partition coefficient (Wildman–Crippen LogP) is 1.64. The number of halogens is 1. The number of carbonyl (C=O) groups is 1. The maximum absolute atomic E-state index is 10.2. The summed E-state index contributed by atoms with van der Waals surface area (Å²) in [6.07, 6.45) is 2.48. The Balaban J connectivity index is 2.33. The van der Waals surface area contributed by atoms with Crippen molar-refractivity contribution in [1.29, 1.82) is 0 Å². The monoisotopic (exact) mass is 192 g/mol. The van der Waals surface area contributed by atoms with Gasteiger partial charge in [-0.3, -0.25) is 4.79 Å². The van der Waals surface area contributed by atoms with Gasteiger partial charge in [-0.15, -0.1) is 0 Å². The van der Waals surface area contributed by atoms with Crippen LogP contribution in [-0.4, -0.2) is 16.4 Å². The SMILES string of the molecule is O=C(O)CC1(CBr)CC1. The summed E-state index contributed by atoms with van der Waals surface area (Å²) in [5.41, 5.74) is 0.131. The third kappa shape index (κ3) is 1.68. The molecule has 0 spiro atoms. The Hall–Kier alpha value is -0.0500. The molecule has 1 rings (SSSR count). The van der Waals surface area contributed by atoms with Crippen molar-refractivity contribution in [2.24, 2.45) is 5.41 Å². The second kappa shape index (κ2) is 2.29. The number of hydrogen-bond donors (Lipinski definition) is 1. The molecule has 3 heteroatoms. The van der Waals surface area contributed by atoms with Crippen molar-refractivity contribution < 1.29 is 9.90 Å². The molecular formula is C6H9BrO2. The van der Waals surface area contributed by atoms with Crippen LogP contribution in [0.4, 0.5) is 0 Å². The van der Waals surface area contributed by atoms with Gasteiger partial charge in [0.2, 0.25) is 0 Å². The highest BCUT2D eigenvalue weighted by Crippen LogP contribution is 2.49. The van der Waals surface area contributed by atoms with Crippen LogP contribution in [0, 0.1) is 5.41 Å². The minimum Gasteiger partial charge on any atom is -0.481 e. The normalized spacial score (nSPS) is 21.4. The zero-order chi connectivity index (χ0) is 6.91. The van der Waals surface area contributed by atoms with E-state index in [0.29, 0.717) is 6.42 Å². The van der Waals surface area contributed by atoms with Crippen molar-refractivity contribution in [3.8, 4) is 0 Å². The number of rotatable bonds is 3. The molecule has 0 aromatic heterocycles. The molecular weight excluding hydrogens is 184 g/mol. The summed E-state index contributed by atoms with van der Waals surface area (Å²) in [6.45, 7) is 0. The van der Waals surface area contributed by atoms with E-state index in [2.05, 4.69) is 15.9 Å². The highest BCUT2D eigenvalue weighted by Gasteiger charge is 2.43. The fourth-order valence-corrected chi connectivity index (χ4v) is 1.61. The second-order valence-electron chi connectivity index (χ2n) is 2.70. The van der Waals surface area contributed by atoms with E-state index in [1.165, 1.54) is 0 Å². The van der Waals surface area contributed by atoms with Gasteiger partial charge in [0.05, 0.1) is 6.42 Å². The lowest BCUT2D eigenvalue weighted by molar-refractivity contribution is -0.138. The molecule has 52 valence electrons. The molecule has 0 aliphatic heterocycles. The van der Waals surface area contributed by atoms with Crippen LogP contribution in [0.1, 0.15) is 19.3 Å². The molecule has 0 bridgehead atoms. The van der Waals surface area contributed by atoms with Crippen molar-refractivity contribution in [3.63, 3.8) is 0 Å². The van der Waals surface area contributed by atoms with Crippen LogP contribution in [0.25, 0.3) is 0 Å². The molecule has 2 nitrogen and oxygen atoms in total. The zero-order valence-corrected chi connectivity index (χ0v) is 6.65. The topological polar surface area (TPSA) is 37.3 Å². The quantitative estimate of drug-likeness (QED) is 0.691. The van der Waals surface area contributed by atoms with E-state index in [1.807, 2.05) is 0 Å². The first-order chi connectivity index (χ1) is 4.18. The molecule has 0 aromatic carbocycles. The first-order valence-corrected chi connectivity index (χ1v) is 4.08. The third-order valence-corrected chi connectivity index (χ3v) is 2.96. The fourth-order valence-electron chi connectivity index (χ4n) is 0.855. The van der Waals surface area contributed by atoms with Gasteiger partial charge in [0, 0.05) is 5.33 Å². The van der Waals surface area contributed by atoms with Crippen LogP contribution in [0.5, 0.6) is 0 Å². The first-order valence-electron chi connectivity index (χ1n) is 2.96. The molecule has 0 saturated heterocycles. The highest BCUT2D eigenvalue weighted by atomic mass is 79.9. The predicted molar refractivity (Wildman–Crippen MR) is 37.7 cm³/mol. The fraction of sp³-hybridized carbons (Fsp3) is 0.833. The smallest absolute Gasteiger partial charge is 0.303 e. The Morgan fingerprint density at radius 2 is 2.22 bits per heavy atom. The van der Waals surface area contributed by atoms with E-state index in [0.717, 1.165) is 18.2 Å². The number of hydrogen-bond acceptors (Lipinski definition) is 1. The molecule has 1 aliphatic rings. The van der Waals surface area contributed by atoms with E-state index in [4.69, 9.17) is 5.11 Å². The molecule has 1 fully saturated rings. The highest BCUT2D eigenvalue weighted by molar-refractivity contribution is 9.09. The third-order valence-electron chi connectivity index (χ3n) is 1.77. The van der Waals surface area contributed by atoms with E-state index >= 15 is 0 Å². The number of aliphatic carboxylic acids is 1. The molecule has 0 unspecified atom stereocenters. The molecule has 1 saturated carbocycles. The molecule has 0 radical (unpaired) electrons. The molecule has 0 heterocycles. The van der Waals surface area contributed by atoms with Crippen molar-refractivity contribution >= 4 is 21.9 Å². The van der Waals surface area contributed by atoms with Crippen LogP contribution in [0.2, 0.25) is 0 Å². The van der Waals surface area contributed by atoms with Gasteiger partial charge in [-0.05, 0) is 18.3 Å². The Bertz CT molecular complexity index is 129. The minimum absolute atomic E-state index is 0.131. The average Bonchev–Trinajstić information content (AvgIpc) is 2.48. The summed E-state index contributed by atoms with van der Waals surface area (Å²) in [5.74, 6) is -0.674. The number of carboxylic acid groups (broad SMARTS) is 1. The maximum Gasteiger partial charge on any atom is 0.303 e. The Labute approximate surface area is 62.4 Å². The van der Waals surface area contributed by atoms with Crippen LogP contribution in [0.3, 0.4) is 0 Å². The van der Waals surface area contributed by atoms with Gasteiger partial charge in [0.25, 0.3) is 0 Å². The van der Waals surface area contributed by atoms with E-state index in [1.54, 1.807) is 0 Å². The van der Waals surface area contributed by atoms with Crippen molar-refractivity contribution in [1.82, 2.24) is 0 Å². The lowest BCUT2D eigenvalue weighted by atomic mass is 10.1.